The van der Waals surface area contributed by atoms with Crippen molar-refractivity contribution in [3.8, 4) is 0 Å². The molecule has 1 spiro atoms. The van der Waals surface area contributed by atoms with Crippen LogP contribution >= 0.6 is 0 Å². The molecule has 0 amide bonds. The lowest BCUT2D eigenvalue weighted by Crippen LogP contribution is -2.74. The predicted molar refractivity (Wildman–Crippen MR) is 92.6 cm³/mol. The van der Waals surface area contributed by atoms with Gasteiger partial charge in [-0.2, -0.15) is 5.06 Å². The van der Waals surface area contributed by atoms with Crippen LogP contribution in [0.1, 0.15) is 18.9 Å². The van der Waals surface area contributed by atoms with Gasteiger partial charge in [0.25, 0.3) is 0 Å². The van der Waals surface area contributed by atoms with Crippen molar-refractivity contribution in [1.29, 1.82) is 0 Å². The Kier molecular flexibility index (Phi) is 2.68. The van der Waals surface area contributed by atoms with E-state index < -0.39 is 11.7 Å². The van der Waals surface area contributed by atoms with Crippen LogP contribution in [0, 0.1) is 17.8 Å². The maximum atomic E-state index is 13.1. The molecule has 2 saturated carbocycles. The minimum atomic E-state index is -0.956. The van der Waals surface area contributed by atoms with Crippen LogP contribution in [0.2, 0.25) is 0 Å². The van der Waals surface area contributed by atoms with Crippen LogP contribution in [-0.2, 0) is 19.8 Å². The van der Waals surface area contributed by atoms with E-state index in [0.717, 1.165) is 23.4 Å². The highest BCUT2D eigenvalue weighted by Crippen LogP contribution is 2.69. The Morgan fingerprint density at radius 3 is 3.04 bits per heavy atom. The van der Waals surface area contributed by atoms with Crippen LogP contribution in [0.4, 0.5) is 5.69 Å². The molecule has 4 aliphatic heterocycles. The summed E-state index contributed by atoms with van der Waals surface area (Å²) in [5.74, 6) is -0.762. The topological polar surface area (TPSA) is 71.4 Å². The van der Waals surface area contributed by atoms with E-state index in [2.05, 4.69) is 12.1 Å². The number of aliphatic hydroxyl groups excluding tert-OH is 1. The van der Waals surface area contributed by atoms with Crippen molar-refractivity contribution >= 4 is 17.4 Å². The molecule has 2 unspecified atom stereocenters. The van der Waals surface area contributed by atoms with Gasteiger partial charge in [0, 0.05) is 5.92 Å². The molecule has 6 heteroatoms. The Morgan fingerprint density at radius 2 is 2.27 bits per heavy atom. The summed E-state index contributed by atoms with van der Waals surface area (Å²) < 4.78 is 5.27. The highest BCUT2D eigenvalue weighted by molar-refractivity contribution is 6.10. The molecule has 1 N–H and O–H groups in total. The summed E-state index contributed by atoms with van der Waals surface area (Å²) in [4.78, 5) is 23.9. The third kappa shape index (κ3) is 1.34. The number of hydrogen-bond acceptors (Lipinski definition) is 6. The smallest absolute Gasteiger partial charge is 0.310 e. The van der Waals surface area contributed by atoms with E-state index in [1.54, 1.807) is 0 Å². The summed E-state index contributed by atoms with van der Waals surface area (Å²) in [6.45, 7) is 2.01. The third-order valence-corrected chi connectivity index (χ3v) is 7.24. The lowest BCUT2D eigenvalue weighted by molar-refractivity contribution is -0.234. The van der Waals surface area contributed by atoms with Gasteiger partial charge in [0.15, 0.2) is 6.29 Å². The maximum absolute atomic E-state index is 13.1. The van der Waals surface area contributed by atoms with Gasteiger partial charge in [-0.05, 0) is 30.9 Å². The number of esters is 1. The Morgan fingerprint density at radius 1 is 1.46 bits per heavy atom. The number of hydroxylamine groups is 2. The molecule has 26 heavy (non-hydrogen) atoms. The molecule has 0 radical (unpaired) electrons. The third-order valence-electron chi connectivity index (χ3n) is 7.24. The summed E-state index contributed by atoms with van der Waals surface area (Å²) in [6.07, 6.45) is 1.91. The Labute approximate surface area is 151 Å². The molecular weight excluding hydrogens is 332 g/mol. The molecule has 1 aromatic carbocycles. The highest BCUT2D eigenvalue weighted by Gasteiger charge is 2.78. The molecule has 0 aromatic heterocycles. The molecule has 5 fully saturated rings. The lowest BCUT2D eigenvalue weighted by atomic mass is 9.43. The zero-order chi connectivity index (χ0) is 17.8. The maximum Gasteiger partial charge on any atom is 0.310 e. The highest BCUT2D eigenvalue weighted by atomic mass is 16.8. The van der Waals surface area contributed by atoms with Crippen LogP contribution in [0.25, 0.3) is 0 Å². The Hall–Kier alpha value is -2.02. The van der Waals surface area contributed by atoms with Gasteiger partial charge in [-0.1, -0.05) is 29.8 Å². The van der Waals surface area contributed by atoms with Gasteiger partial charge >= 0.3 is 5.97 Å². The van der Waals surface area contributed by atoms with Gasteiger partial charge in [0.1, 0.15) is 0 Å². The number of benzene rings is 1. The molecule has 6 aliphatic rings. The second-order valence-electron chi connectivity index (χ2n) is 7.86. The van der Waals surface area contributed by atoms with Crippen molar-refractivity contribution in [2.45, 2.75) is 37.1 Å². The number of carbonyl (C=O) groups excluding carboxylic acids is 1. The summed E-state index contributed by atoms with van der Waals surface area (Å²) in [7, 11) is 1.45. The number of rotatable bonds is 1. The van der Waals surface area contributed by atoms with Gasteiger partial charge in [0.2, 0.25) is 0 Å². The van der Waals surface area contributed by atoms with E-state index in [-0.39, 0.29) is 35.8 Å². The van der Waals surface area contributed by atoms with Crippen molar-refractivity contribution in [3.63, 3.8) is 0 Å². The molecule has 1 aromatic rings. The molecule has 4 heterocycles. The van der Waals surface area contributed by atoms with Gasteiger partial charge in [0.05, 0.1) is 41.9 Å². The van der Waals surface area contributed by atoms with Gasteiger partial charge in [-0.25, -0.2) is 0 Å². The Bertz CT molecular complexity index is 909. The number of fused-ring (bicyclic) bond motifs is 1. The van der Waals surface area contributed by atoms with Crippen molar-refractivity contribution in [1.82, 2.24) is 5.06 Å². The normalized spacial score (nSPS) is 47.7. The standard InChI is InChI=1S/C20H20N2O4/c1-3-9-10-8-13-17-20(14(10)18(23)25-2,11-6-4-5-7-12(11)21-17)15-16(9)22(13)26-19(15)24/h3-7,10,13-16,19,24H,8H2,1-2H3/b9-3+/t10-,13-,14-,15+,16?,19-,20-/m0/s1. The van der Waals surface area contributed by atoms with Crippen molar-refractivity contribution < 1.29 is 19.5 Å². The first-order valence-corrected chi connectivity index (χ1v) is 9.20. The average Bonchev–Trinajstić information content (AvgIpc) is 3.16. The van der Waals surface area contributed by atoms with Crippen LogP contribution in [0.5, 0.6) is 0 Å². The number of aliphatic imine (C=N–C) groups is 1. The molecule has 7 rings (SSSR count). The number of methoxy groups -OCH3 is 1. The largest absolute Gasteiger partial charge is 0.469 e. The predicted octanol–water partition coefficient (Wildman–Crippen LogP) is 1.71. The van der Waals surface area contributed by atoms with E-state index in [1.165, 1.54) is 12.7 Å². The monoisotopic (exact) mass is 352 g/mol. The molecule has 3 saturated heterocycles. The van der Waals surface area contributed by atoms with Crippen molar-refractivity contribution in [2.75, 3.05) is 7.11 Å². The molecule has 6 bridgehead atoms. The number of allylic oxidation sites excluding steroid dienone is 1. The second kappa shape index (κ2) is 4.63. The quantitative estimate of drug-likeness (QED) is 0.615. The zero-order valence-corrected chi connectivity index (χ0v) is 14.6. The second-order valence-corrected chi connectivity index (χ2v) is 7.86. The SMILES string of the molecule is C/C=C1/C2[C@@H]3[C@@H](O)ON2[C@H]2C[C@@H]1[C@@H](C(=O)OC)[C@]31C2=Nc2ccccc21. The Balaban J connectivity index is 1.71. The van der Waals surface area contributed by atoms with E-state index in [9.17, 15) is 9.90 Å². The van der Waals surface area contributed by atoms with E-state index in [4.69, 9.17) is 14.6 Å². The van der Waals surface area contributed by atoms with Gasteiger partial charge in [-0.15, -0.1) is 0 Å². The number of para-hydroxylation sites is 1. The summed E-state index contributed by atoms with van der Waals surface area (Å²) >= 11 is 0. The molecule has 2 aliphatic carbocycles. The molecular formula is C20H20N2O4. The molecule has 6 nitrogen and oxygen atoms in total. The summed E-state index contributed by atoms with van der Waals surface area (Å²) in [6, 6.07) is 8.00. The van der Waals surface area contributed by atoms with Crippen LogP contribution < -0.4 is 0 Å². The fourth-order valence-electron chi connectivity index (χ4n) is 6.62. The molecule has 134 valence electrons. The fraction of sp³-hybridized carbons (Fsp3) is 0.500. The number of hydrogen-bond donors (Lipinski definition) is 1. The van der Waals surface area contributed by atoms with Crippen LogP contribution in [0.3, 0.4) is 0 Å². The number of aliphatic hydroxyl groups is 1. The van der Waals surface area contributed by atoms with E-state index in [0.29, 0.717) is 0 Å². The first kappa shape index (κ1) is 15.1. The first-order chi connectivity index (χ1) is 12.6. The molecule has 8 atom stereocenters. The first-order valence-electron chi connectivity index (χ1n) is 9.20. The summed E-state index contributed by atoms with van der Waals surface area (Å²) in [5.41, 5.74) is 3.46. The summed E-state index contributed by atoms with van der Waals surface area (Å²) in [5, 5.41) is 12.8. The average molecular weight is 352 g/mol. The van der Waals surface area contributed by atoms with E-state index >= 15 is 0 Å². The minimum Gasteiger partial charge on any atom is -0.469 e. The number of piperidine rings is 2. The fourth-order valence-corrected chi connectivity index (χ4v) is 6.62. The van der Waals surface area contributed by atoms with Gasteiger partial charge in [-0.3, -0.25) is 14.6 Å². The van der Waals surface area contributed by atoms with Crippen molar-refractivity contribution in [2.24, 2.45) is 22.7 Å². The van der Waals surface area contributed by atoms with Gasteiger partial charge < -0.3 is 9.84 Å². The lowest BCUT2D eigenvalue weighted by Gasteiger charge is -2.63. The minimum absolute atomic E-state index is 0.00425. The van der Waals surface area contributed by atoms with E-state index in [1.807, 2.05) is 30.2 Å². The van der Waals surface area contributed by atoms with Crippen molar-refractivity contribution in [3.05, 3.63) is 41.5 Å². The van der Waals surface area contributed by atoms with Crippen LogP contribution in [-0.4, -0.2) is 47.3 Å². The zero-order valence-electron chi connectivity index (χ0n) is 14.6. The van der Waals surface area contributed by atoms with Crippen LogP contribution in [0.15, 0.2) is 40.9 Å². The number of carbonyl (C=O) groups is 1. The number of nitrogens with zero attached hydrogens (tertiary/aromatic N) is 2. The number of ether oxygens (including phenoxy) is 1.